The second-order valence-corrected chi connectivity index (χ2v) is 7.52. The molecule has 3 nitrogen and oxygen atoms in total. The van der Waals surface area contributed by atoms with Crippen LogP contribution in [0.2, 0.25) is 0 Å². The van der Waals surface area contributed by atoms with Gasteiger partial charge in [0.1, 0.15) is 17.7 Å². The summed E-state index contributed by atoms with van der Waals surface area (Å²) in [6.45, 7) is 0. The number of nitrogens with zero attached hydrogens (tertiary/aromatic N) is 1. The second-order valence-electron chi connectivity index (χ2n) is 5.84. The van der Waals surface area contributed by atoms with Gasteiger partial charge in [0.15, 0.2) is 4.32 Å². The Labute approximate surface area is 160 Å². The van der Waals surface area contributed by atoms with Crippen LogP contribution in [-0.4, -0.2) is 16.3 Å². The van der Waals surface area contributed by atoms with E-state index in [-0.39, 0.29) is 17.8 Å². The van der Waals surface area contributed by atoms with Crippen LogP contribution in [0.1, 0.15) is 12.0 Å². The van der Waals surface area contributed by atoms with Gasteiger partial charge < -0.3 is 4.74 Å². The minimum Gasteiger partial charge on any atom is -0.486 e. The first-order chi connectivity index (χ1) is 12.6. The van der Waals surface area contributed by atoms with Crippen LogP contribution in [0.15, 0.2) is 71.7 Å². The maximum Gasteiger partial charge on any atom is 0.270 e. The van der Waals surface area contributed by atoms with E-state index < -0.39 is 0 Å². The average molecular weight is 383 g/mol. The van der Waals surface area contributed by atoms with E-state index >= 15 is 0 Å². The molecule has 1 unspecified atom stereocenters. The molecule has 6 heteroatoms. The summed E-state index contributed by atoms with van der Waals surface area (Å²) in [7, 11) is 0. The van der Waals surface area contributed by atoms with Crippen molar-refractivity contribution >= 4 is 45.7 Å². The fourth-order valence-corrected chi connectivity index (χ4v) is 4.16. The Kier molecular flexibility index (Phi) is 4.61. The number of carbonyl (C=O) groups is 1. The van der Waals surface area contributed by atoms with Crippen LogP contribution in [-0.2, 0) is 9.53 Å². The Morgan fingerprint density at radius 1 is 1.15 bits per heavy atom. The first-order valence-corrected chi connectivity index (χ1v) is 9.30. The SMILES string of the molecule is O=C1/C(=C\C2CC=C(c3ccc(F)cc3)O2)SC(=S)N1c1ccccc1. The third kappa shape index (κ3) is 3.30. The molecular formula is C20H14FNO2S2. The van der Waals surface area contributed by atoms with Crippen molar-refractivity contribution in [2.24, 2.45) is 0 Å². The van der Waals surface area contributed by atoms with Crippen molar-refractivity contribution in [1.29, 1.82) is 0 Å². The van der Waals surface area contributed by atoms with Crippen molar-refractivity contribution in [3.63, 3.8) is 0 Å². The third-order valence-electron chi connectivity index (χ3n) is 4.09. The standard InChI is InChI=1S/C20H14FNO2S2/c21-14-8-6-13(7-9-14)17-11-10-16(24-17)12-18-19(23)22(20(25)26-18)15-4-2-1-3-5-15/h1-9,11-12,16H,10H2/b18-12+. The summed E-state index contributed by atoms with van der Waals surface area (Å²) >= 11 is 6.65. The van der Waals surface area contributed by atoms with E-state index in [9.17, 15) is 9.18 Å². The highest BCUT2D eigenvalue weighted by Gasteiger charge is 2.34. The number of hydrogen-bond donors (Lipinski definition) is 0. The Morgan fingerprint density at radius 3 is 2.62 bits per heavy atom. The van der Waals surface area contributed by atoms with Crippen LogP contribution < -0.4 is 4.90 Å². The zero-order valence-corrected chi connectivity index (χ0v) is 15.2. The highest BCUT2D eigenvalue weighted by Crippen LogP contribution is 2.36. The lowest BCUT2D eigenvalue weighted by molar-refractivity contribution is -0.113. The number of thioether (sulfide) groups is 1. The van der Waals surface area contributed by atoms with Crippen molar-refractivity contribution in [3.8, 4) is 0 Å². The second kappa shape index (κ2) is 7.05. The predicted octanol–water partition coefficient (Wildman–Crippen LogP) is 4.90. The largest absolute Gasteiger partial charge is 0.486 e. The Balaban J connectivity index is 1.49. The molecule has 2 aliphatic heterocycles. The predicted molar refractivity (Wildman–Crippen MR) is 106 cm³/mol. The number of benzene rings is 2. The van der Waals surface area contributed by atoms with Crippen LogP contribution >= 0.6 is 24.0 Å². The molecule has 130 valence electrons. The molecule has 1 fully saturated rings. The maximum atomic E-state index is 13.1. The van der Waals surface area contributed by atoms with Crippen LogP contribution in [0.3, 0.4) is 0 Å². The molecule has 0 saturated carbocycles. The van der Waals surface area contributed by atoms with Gasteiger partial charge in [-0.05, 0) is 48.6 Å². The Morgan fingerprint density at radius 2 is 1.88 bits per heavy atom. The van der Waals surface area contributed by atoms with E-state index in [2.05, 4.69) is 0 Å². The van der Waals surface area contributed by atoms with E-state index in [4.69, 9.17) is 17.0 Å². The number of para-hydroxylation sites is 1. The Bertz CT molecular complexity index is 923. The highest BCUT2D eigenvalue weighted by atomic mass is 32.2. The molecule has 26 heavy (non-hydrogen) atoms. The van der Waals surface area contributed by atoms with Gasteiger partial charge in [-0.1, -0.05) is 42.2 Å². The lowest BCUT2D eigenvalue weighted by atomic mass is 10.2. The van der Waals surface area contributed by atoms with Crippen molar-refractivity contribution in [2.45, 2.75) is 12.5 Å². The number of rotatable bonds is 3. The number of anilines is 1. The monoisotopic (exact) mass is 383 g/mol. The van der Waals surface area contributed by atoms with Gasteiger partial charge in [-0.25, -0.2) is 4.39 Å². The summed E-state index contributed by atoms with van der Waals surface area (Å²) in [5, 5.41) is 0. The minimum atomic E-state index is -0.284. The smallest absolute Gasteiger partial charge is 0.270 e. The van der Waals surface area contributed by atoms with Crippen molar-refractivity contribution < 1.29 is 13.9 Å². The number of halogens is 1. The van der Waals surface area contributed by atoms with E-state index in [0.717, 1.165) is 11.3 Å². The fraction of sp³-hybridized carbons (Fsp3) is 0.100. The van der Waals surface area contributed by atoms with E-state index in [1.807, 2.05) is 42.5 Å². The normalized spacial score (nSPS) is 21.3. The number of amides is 1. The minimum absolute atomic E-state index is 0.134. The zero-order valence-electron chi connectivity index (χ0n) is 13.6. The molecule has 0 aliphatic carbocycles. The van der Waals surface area contributed by atoms with Gasteiger partial charge in [-0.2, -0.15) is 0 Å². The number of thiocarbonyl (C=S) groups is 1. The van der Waals surface area contributed by atoms with Crippen LogP contribution in [0, 0.1) is 5.82 Å². The van der Waals surface area contributed by atoms with Crippen molar-refractivity contribution in [2.75, 3.05) is 4.90 Å². The third-order valence-corrected chi connectivity index (χ3v) is 5.41. The molecular weight excluding hydrogens is 369 g/mol. The van der Waals surface area contributed by atoms with Gasteiger partial charge in [0.05, 0.1) is 10.6 Å². The first-order valence-electron chi connectivity index (χ1n) is 8.08. The molecule has 0 aromatic heterocycles. The van der Waals surface area contributed by atoms with Gasteiger partial charge in [-0.3, -0.25) is 9.69 Å². The van der Waals surface area contributed by atoms with E-state index in [1.165, 1.54) is 28.8 Å². The lowest BCUT2D eigenvalue weighted by Gasteiger charge is -2.14. The quantitative estimate of drug-likeness (QED) is 0.557. The summed E-state index contributed by atoms with van der Waals surface area (Å²) in [6.07, 6.45) is 4.18. The molecule has 0 spiro atoms. The zero-order chi connectivity index (χ0) is 18.1. The summed E-state index contributed by atoms with van der Waals surface area (Å²) in [4.78, 5) is 14.8. The Hall–Kier alpha value is -2.44. The molecule has 2 heterocycles. The summed E-state index contributed by atoms with van der Waals surface area (Å²) in [5.74, 6) is 0.281. The molecule has 2 aliphatic rings. The number of hydrogen-bond acceptors (Lipinski definition) is 4. The molecule has 0 N–H and O–H groups in total. The molecule has 0 bridgehead atoms. The van der Waals surface area contributed by atoms with Crippen LogP contribution in [0.4, 0.5) is 10.1 Å². The van der Waals surface area contributed by atoms with Crippen molar-refractivity contribution in [1.82, 2.24) is 0 Å². The lowest BCUT2D eigenvalue weighted by Crippen LogP contribution is -2.27. The molecule has 2 aromatic carbocycles. The molecule has 0 radical (unpaired) electrons. The fourth-order valence-electron chi connectivity index (χ4n) is 2.83. The van der Waals surface area contributed by atoms with Gasteiger partial charge in [0.2, 0.25) is 0 Å². The van der Waals surface area contributed by atoms with Crippen LogP contribution in [0.5, 0.6) is 0 Å². The first kappa shape index (κ1) is 17.0. The molecule has 2 aromatic rings. The summed E-state index contributed by atoms with van der Waals surface area (Å²) in [6, 6.07) is 15.5. The number of carbonyl (C=O) groups excluding carboxylic acids is 1. The number of ether oxygens (including phenoxy) is 1. The van der Waals surface area contributed by atoms with Crippen LogP contribution in [0.25, 0.3) is 5.76 Å². The van der Waals surface area contributed by atoms with Gasteiger partial charge in [-0.15, -0.1) is 0 Å². The van der Waals surface area contributed by atoms with E-state index in [0.29, 0.717) is 21.4 Å². The van der Waals surface area contributed by atoms with Gasteiger partial charge in [0, 0.05) is 12.0 Å². The molecule has 1 atom stereocenters. The molecule has 4 rings (SSSR count). The molecule has 1 saturated heterocycles. The highest BCUT2D eigenvalue weighted by molar-refractivity contribution is 8.27. The summed E-state index contributed by atoms with van der Waals surface area (Å²) < 4.78 is 19.5. The average Bonchev–Trinajstić information content (AvgIpc) is 3.21. The van der Waals surface area contributed by atoms with Gasteiger partial charge >= 0.3 is 0 Å². The molecule has 1 amide bonds. The topological polar surface area (TPSA) is 29.5 Å². The maximum absolute atomic E-state index is 13.1. The van der Waals surface area contributed by atoms with Crippen molar-refractivity contribution in [3.05, 3.63) is 83.0 Å². The summed E-state index contributed by atoms with van der Waals surface area (Å²) in [5.41, 5.74) is 1.58. The van der Waals surface area contributed by atoms with E-state index in [1.54, 1.807) is 12.1 Å². The van der Waals surface area contributed by atoms with Gasteiger partial charge in [0.25, 0.3) is 5.91 Å².